The lowest BCUT2D eigenvalue weighted by Gasteiger charge is -2.27. The van der Waals surface area contributed by atoms with Gasteiger partial charge in [0, 0.05) is 18.5 Å². The molecule has 1 saturated heterocycles. The number of carbonyl (C=O) groups is 1. The van der Waals surface area contributed by atoms with E-state index in [-0.39, 0.29) is 5.91 Å². The molecule has 2 aliphatic rings. The van der Waals surface area contributed by atoms with E-state index in [4.69, 9.17) is 9.47 Å². The van der Waals surface area contributed by atoms with Crippen LogP contribution in [-0.4, -0.2) is 54.4 Å². The smallest absolute Gasteiger partial charge is 0.286 e. The summed E-state index contributed by atoms with van der Waals surface area (Å²) in [5, 5.41) is 1.75. The van der Waals surface area contributed by atoms with E-state index >= 15 is 0 Å². The zero-order chi connectivity index (χ0) is 17.2. The number of amides is 1. The monoisotopic (exact) mass is 355 g/mol. The molecule has 0 spiro atoms. The number of fused-ring (bicyclic) bond motifs is 1. The Kier molecular flexibility index (Phi) is 4.42. The van der Waals surface area contributed by atoms with Gasteiger partial charge in [0.2, 0.25) is 0 Å². The van der Waals surface area contributed by atoms with Crippen molar-refractivity contribution in [2.24, 2.45) is 4.99 Å². The summed E-state index contributed by atoms with van der Waals surface area (Å²) in [6.45, 7) is 2.87. The fraction of sp³-hybridized carbons (Fsp3) is 0.278. The Morgan fingerprint density at radius 1 is 1.24 bits per heavy atom. The van der Waals surface area contributed by atoms with E-state index in [1.807, 2.05) is 30.3 Å². The lowest BCUT2D eigenvalue weighted by atomic mass is 10.2. The summed E-state index contributed by atoms with van der Waals surface area (Å²) < 4.78 is 10.6. The number of aromatic nitrogens is 1. The average molecular weight is 355 g/mol. The number of benzene rings is 1. The Bertz CT molecular complexity index is 888. The molecule has 4 rings (SSSR count). The van der Waals surface area contributed by atoms with Crippen LogP contribution in [0, 0.1) is 0 Å². The molecule has 2 aliphatic heterocycles. The minimum atomic E-state index is -0.205. The van der Waals surface area contributed by atoms with E-state index in [9.17, 15) is 4.79 Å². The topological polar surface area (TPSA) is 64.0 Å². The standard InChI is InChI=1S/C18H17N3O3S/c1-23-14-4-5-15-12(10-14)2-3-13(19-15)11-16-17(22)20-18(25-16)21-6-8-24-9-7-21/h2-5,10-11H,6-9H2,1H3. The van der Waals surface area contributed by atoms with Gasteiger partial charge in [0.15, 0.2) is 5.17 Å². The van der Waals surface area contributed by atoms with Gasteiger partial charge in [-0.3, -0.25) is 4.79 Å². The Hall–Kier alpha value is -2.38. The van der Waals surface area contributed by atoms with Gasteiger partial charge >= 0.3 is 0 Å². The van der Waals surface area contributed by atoms with Crippen molar-refractivity contribution in [2.45, 2.75) is 0 Å². The number of morpholine rings is 1. The predicted molar refractivity (Wildman–Crippen MR) is 98.7 cm³/mol. The quantitative estimate of drug-likeness (QED) is 0.772. The number of methoxy groups -OCH3 is 1. The molecule has 0 radical (unpaired) electrons. The van der Waals surface area contributed by atoms with Gasteiger partial charge in [-0.1, -0.05) is 6.07 Å². The molecule has 1 aromatic heterocycles. The molecule has 0 N–H and O–H groups in total. The number of pyridine rings is 1. The van der Waals surface area contributed by atoms with Crippen molar-refractivity contribution < 1.29 is 14.3 Å². The van der Waals surface area contributed by atoms with E-state index in [1.165, 1.54) is 11.8 Å². The van der Waals surface area contributed by atoms with Gasteiger partial charge < -0.3 is 14.4 Å². The van der Waals surface area contributed by atoms with E-state index in [2.05, 4.69) is 14.9 Å². The third-order valence-corrected chi connectivity index (χ3v) is 5.13. The summed E-state index contributed by atoms with van der Waals surface area (Å²) in [5.41, 5.74) is 1.60. The zero-order valence-corrected chi connectivity index (χ0v) is 14.6. The van der Waals surface area contributed by atoms with Crippen molar-refractivity contribution in [3.63, 3.8) is 0 Å². The first-order valence-corrected chi connectivity index (χ1v) is 8.85. The number of nitrogens with zero attached hydrogens (tertiary/aromatic N) is 3. The van der Waals surface area contributed by atoms with E-state index < -0.39 is 0 Å². The molecule has 0 saturated carbocycles. The molecule has 2 aromatic rings. The molecular formula is C18H17N3O3S. The Morgan fingerprint density at radius 2 is 2.08 bits per heavy atom. The largest absolute Gasteiger partial charge is 0.497 e. The summed E-state index contributed by atoms with van der Waals surface area (Å²) in [7, 11) is 1.64. The number of ether oxygens (including phenoxy) is 2. The molecule has 7 heteroatoms. The van der Waals surface area contributed by atoms with E-state index in [0.29, 0.717) is 18.1 Å². The number of hydrogen-bond acceptors (Lipinski definition) is 6. The number of amidine groups is 1. The maximum Gasteiger partial charge on any atom is 0.286 e. The second-order valence-corrected chi connectivity index (χ2v) is 6.71. The molecule has 0 unspecified atom stereocenters. The number of thioether (sulfide) groups is 1. The highest BCUT2D eigenvalue weighted by Gasteiger charge is 2.27. The highest BCUT2D eigenvalue weighted by molar-refractivity contribution is 8.18. The van der Waals surface area contributed by atoms with Gasteiger partial charge in [0.05, 0.1) is 36.4 Å². The molecule has 128 valence electrons. The first-order chi connectivity index (χ1) is 12.2. The maximum atomic E-state index is 12.2. The SMILES string of the molecule is COc1ccc2nc(C=C3SC(N4CCOCC4)=NC3=O)ccc2c1. The fourth-order valence-corrected chi connectivity index (χ4v) is 3.70. The first kappa shape index (κ1) is 16.1. The fourth-order valence-electron chi connectivity index (χ4n) is 2.75. The molecule has 1 amide bonds. The van der Waals surface area contributed by atoms with Crippen LogP contribution in [0.5, 0.6) is 5.75 Å². The lowest BCUT2D eigenvalue weighted by molar-refractivity contribution is -0.113. The normalized spacial score (nSPS) is 19.6. The van der Waals surface area contributed by atoms with Crippen LogP contribution in [0.4, 0.5) is 0 Å². The number of hydrogen-bond donors (Lipinski definition) is 0. The van der Waals surface area contributed by atoms with Crippen molar-refractivity contribution in [3.05, 3.63) is 40.9 Å². The van der Waals surface area contributed by atoms with Crippen LogP contribution in [0.25, 0.3) is 17.0 Å². The molecule has 1 fully saturated rings. The van der Waals surface area contributed by atoms with Crippen molar-refractivity contribution in [3.8, 4) is 5.75 Å². The summed E-state index contributed by atoms with van der Waals surface area (Å²) in [5.74, 6) is 0.591. The molecule has 25 heavy (non-hydrogen) atoms. The van der Waals surface area contributed by atoms with Crippen LogP contribution in [0.1, 0.15) is 5.69 Å². The van der Waals surface area contributed by atoms with Crippen molar-refractivity contribution in [1.82, 2.24) is 9.88 Å². The molecule has 0 aliphatic carbocycles. The molecule has 6 nitrogen and oxygen atoms in total. The van der Waals surface area contributed by atoms with Crippen molar-refractivity contribution in [1.29, 1.82) is 0 Å². The van der Waals surface area contributed by atoms with Crippen LogP contribution >= 0.6 is 11.8 Å². The van der Waals surface area contributed by atoms with Crippen molar-refractivity contribution >= 4 is 39.8 Å². The molecule has 0 bridgehead atoms. The van der Waals surface area contributed by atoms with Gasteiger partial charge in [0.1, 0.15) is 5.75 Å². The molecular weight excluding hydrogens is 338 g/mol. The molecule has 3 heterocycles. The van der Waals surface area contributed by atoms with Crippen molar-refractivity contribution in [2.75, 3.05) is 33.4 Å². The van der Waals surface area contributed by atoms with Gasteiger partial charge in [-0.05, 0) is 42.1 Å². The second-order valence-electron chi connectivity index (χ2n) is 5.70. The summed E-state index contributed by atoms with van der Waals surface area (Å²) in [4.78, 5) is 23.7. The third-order valence-electron chi connectivity index (χ3n) is 4.09. The molecule has 1 aromatic carbocycles. The second kappa shape index (κ2) is 6.85. The van der Waals surface area contributed by atoms with E-state index in [1.54, 1.807) is 13.2 Å². The number of rotatable bonds is 2. The van der Waals surface area contributed by atoms with Gasteiger partial charge in [0.25, 0.3) is 5.91 Å². The summed E-state index contributed by atoms with van der Waals surface area (Å²) >= 11 is 1.40. The predicted octanol–water partition coefficient (Wildman–Crippen LogP) is 2.55. The van der Waals surface area contributed by atoms with Crippen LogP contribution in [0.15, 0.2) is 40.2 Å². The van der Waals surface area contributed by atoms with Gasteiger partial charge in [-0.2, -0.15) is 4.99 Å². The molecule has 0 atom stereocenters. The average Bonchev–Trinajstić information content (AvgIpc) is 3.02. The highest BCUT2D eigenvalue weighted by atomic mass is 32.2. The summed E-state index contributed by atoms with van der Waals surface area (Å²) in [6.07, 6.45) is 1.80. The first-order valence-electron chi connectivity index (χ1n) is 8.03. The van der Waals surface area contributed by atoms with Gasteiger partial charge in [-0.15, -0.1) is 0 Å². The van der Waals surface area contributed by atoms with E-state index in [0.717, 1.165) is 40.6 Å². The van der Waals surface area contributed by atoms with Crippen LogP contribution < -0.4 is 4.74 Å². The zero-order valence-electron chi connectivity index (χ0n) is 13.8. The Morgan fingerprint density at radius 3 is 2.88 bits per heavy atom. The Balaban J connectivity index is 1.56. The lowest BCUT2D eigenvalue weighted by Crippen LogP contribution is -2.38. The van der Waals surface area contributed by atoms with Crippen LogP contribution in [-0.2, 0) is 9.53 Å². The maximum absolute atomic E-state index is 12.2. The third kappa shape index (κ3) is 3.38. The number of carbonyl (C=O) groups excluding carboxylic acids is 1. The van der Waals surface area contributed by atoms with Gasteiger partial charge in [-0.25, -0.2) is 4.98 Å². The number of aliphatic imine (C=N–C) groups is 1. The highest BCUT2D eigenvalue weighted by Crippen LogP contribution is 2.30. The minimum Gasteiger partial charge on any atom is -0.497 e. The van der Waals surface area contributed by atoms with Crippen LogP contribution in [0.2, 0.25) is 0 Å². The van der Waals surface area contributed by atoms with Crippen LogP contribution in [0.3, 0.4) is 0 Å². The Labute approximate surface area is 149 Å². The minimum absolute atomic E-state index is 0.205. The summed E-state index contributed by atoms with van der Waals surface area (Å²) in [6, 6.07) is 9.60.